The van der Waals surface area contributed by atoms with E-state index >= 15 is 0 Å². The Kier molecular flexibility index (Phi) is 4.00. The quantitative estimate of drug-likeness (QED) is 0.887. The van der Waals surface area contributed by atoms with Crippen molar-refractivity contribution in [3.8, 4) is 0 Å². The summed E-state index contributed by atoms with van der Waals surface area (Å²) in [5.74, 6) is 2.06. The highest BCUT2D eigenvalue weighted by atomic mass is 32.1. The summed E-state index contributed by atoms with van der Waals surface area (Å²) >= 11 is 1.77. The molecular weight excluding hydrogens is 240 g/mol. The molecule has 3 rings (SSSR count). The molecule has 18 heavy (non-hydrogen) atoms. The van der Waals surface area contributed by atoms with Crippen molar-refractivity contribution in [2.45, 2.75) is 64.0 Å². The number of thiazole rings is 1. The van der Waals surface area contributed by atoms with Gasteiger partial charge in [-0.05, 0) is 38.0 Å². The molecule has 2 aliphatic carbocycles. The summed E-state index contributed by atoms with van der Waals surface area (Å²) in [6, 6.07) is 1.15. The van der Waals surface area contributed by atoms with Gasteiger partial charge >= 0.3 is 0 Å². The van der Waals surface area contributed by atoms with Gasteiger partial charge in [-0.1, -0.05) is 25.7 Å². The van der Waals surface area contributed by atoms with Gasteiger partial charge in [0.2, 0.25) is 0 Å². The Labute approximate surface area is 114 Å². The van der Waals surface area contributed by atoms with Crippen LogP contribution in [0.4, 0.5) is 0 Å². The van der Waals surface area contributed by atoms with Crippen LogP contribution in [0.1, 0.15) is 62.9 Å². The second-order valence-corrected chi connectivity index (χ2v) is 7.00. The first-order valence-electron chi connectivity index (χ1n) is 7.48. The van der Waals surface area contributed by atoms with Gasteiger partial charge in [-0.15, -0.1) is 11.3 Å². The number of aromatic nitrogens is 1. The van der Waals surface area contributed by atoms with E-state index in [0.717, 1.165) is 17.9 Å². The van der Waals surface area contributed by atoms with Crippen LogP contribution in [0, 0.1) is 11.8 Å². The molecule has 0 bridgehead atoms. The maximum absolute atomic E-state index is 4.42. The standard InChI is InChI=1S/C15H24N2S/c1-11(15-16-8-9-18-15)17-14-7-6-12-4-2-3-5-13(12)10-14/h8-9,11-14,17H,2-7,10H2,1H3. The summed E-state index contributed by atoms with van der Waals surface area (Å²) in [6.45, 7) is 2.26. The average Bonchev–Trinajstić information content (AvgIpc) is 2.92. The minimum Gasteiger partial charge on any atom is -0.305 e. The summed E-state index contributed by atoms with van der Waals surface area (Å²) in [6.07, 6.45) is 12.1. The molecule has 2 saturated carbocycles. The maximum Gasteiger partial charge on any atom is 0.109 e. The number of hydrogen-bond acceptors (Lipinski definition) is 3. The van der Waals surface area contributed by atoms with E-state index in [4.69, 9.17) is 0 Å². The lowest BCUT2D eigenvalue weighted by Crippen LogP contribution is -2.39. The second-order valence-electron chi connectivity index (χ2n) is 6.07. The Hall–Kier alpha value is -0.410. The van der Waals surface area contributed by atoms with Gasteiger partial charge in [0.1, 0.15) is 5.01 Å². The van der Waals surface area contributed by atoms with E-state index in [1.165, 1.54) is 50.0 Å². The third-order valence-electron chi connectivity index (χ3n) is 4.85. The highest BCUT2D eigenvalue weighted by Crippen LogP contribution is 2.40. The van der Waals surface area contributed by atoms with Crippen LogP contribution in [-0.4, -0.2) is 11.0 Å². The van der Waals surface area contributed by atoms with E-state index in [0.29, 0.717) is 6.04 Å². The highest BCUT2D eigenvalue weighted by Gasteiger charge is 2.32. The third kappa shape index (κ3) is 2.77. The van der Waals surface area contributed by atoms with Crippen molar-refractivity contribution in [2.24, 2.45) is 11.8 Å². The lowest BCUT2D eigenvalue weighted by Gasteiger charge is -2.40. The number of nitrogens with zero attached hydrogens (tertiary/aromatic N) is 1. The van der Waals surface area contributed by atoms with Crippen LogP contribution < -0.4 is 5.32 Å². The molecule has 0 aromatic carbocycles. The van der Waals surface area contributed by atoms with Crippen LogP contribution in [0.25, 0.3) is 0 Å². The number of nitrogens with one attached hydrogen (secondary N) is 1. The van der Waals surface area contributed by atoms with E-state index in [1.54, 1.807) is 11.3 Å². The molecule has 1 heterocycles. The van der Waals surface area contributed by atoms with Crippen molar-refractivity contribution in [1.82, 2.24) is 10.3 Å². The molecule has 100 valence electrons. The SMILES string of the molecule is CC(NC1CCC2CCCCC2C1)c1nccs1. The smallest absolute Gasteiger partial charge is 0.109 e. The van der Waals surface area contributed by atoms with Crippen molar-refractivity contribution in [3.05, 3.63) is 16.6 Å². The Bertz CT molecular complexity index is 363. The van der Waals surface area contributed by atoms with Crippen LogP contribution in [0.15, 0.2) is 11.6 Å². The summed E-state index contributed by atoms with van der Waals surface area (Å²) in [4.78, 5) is 4.42. The molecule has 0 spiro atoms. The largest absolute Gasteiger partial charge is 0.305 e. The van der Waals surface area contributed by atoms with Gasteiger partial charge in [-0.2, -0.15) is 0 Å². The fourth-order valence-electron chi connectivity index (χ4n) is 3.90. The Morgan fingerprint density at radius 1 is 1.22 bits per heavy atom. The van der Waals surface area contributed by atoms with Crippen molar-refractivity contribution in [2.75, 3.05) is 0 Å². The van der Waals surface area contributed by atoms with Gasteiger partial charge in [0, 0.05) is 17.6 Å². The summed E-state index contributed by atoms with van der Waals surface area (Å²) in [5.41, 5.74) is 0. The Morgan fingerprint density at radius 3 is 2.83 bits per heavy atom. The highest BCUT2D eigenvalue weighted by molar-refractivity contribution is 7.09. The predicted molar refractivity (Wildman–Crippen MR) is 76.8 cm³/mol. The molecular formula is C15H24N2S. The van der Waals surface area contributed by atoms with Gasteiger partial charge in [0.25, 0.3) is 0 Å². The first kappa shape index (κ1) is 12.6. The minimum absolute atomic E-state index is 0.426. The van der Waals surface area contributed by atoms with Gasteiger partial charge in [0.05, 0.1) is 6.04 Å². The fourth-order valence-corrected chi connectivity index (χ4v) is 4.55. The van der Waals surface area contributed by atoms with Crippen molar-refractivity contribution < 1.29 is 0 Å². The average molecular weight is 264 g/mol. The molecule has 0 amide bonds. The molecule has 1 N–H and O–H groups in total. The molecule has 2 fully saturated rings. The van der Waals surface area contributed by atoms with Crippen LogP contribution in [0.3, 0.4) is 0 Å². The van der Waals surface area contributed by atoms with E-state index in [2.05, 4.69) is 22.6 Å². The monoisotopic (exact) mass is 264 g/mol. The van der Waals surface area contributed by atoms with Crippen LogP contribution in [0.5, 0.6) is 0 Å². The van der Waals surface area contributed by atoms with E-state index in [9.17, 15) is 0 Å². The molecule has 0 radical (unpaired) electrons. The predicted octanol–water partition coefficient (Wildman–Crippen LogP) is 4.15. The molecule has 0 saturated heterocycles. The fraction of sp³-hybridized carbons (Fsp3) is 0.800. The van der Waals surface area contributed by atoms with E-state index in [1.807, 2.05) is 6.20 Å². The van der Waals surface area contributed by atoms with E-state index in [-0.39, 0.29) is 0 Å². The molecule has 4 atom stereocenters. The Morgan fingerprint density at radius 2 is 2.06 bits per heavy atom. The van der Waals surface area contributed by atoms with Crippen LogP contribution in [0.2, 0.25) is 0 Å². The molecule has 3 heteroatoms. The normalized spacial score (nSPS) is 33.9. The zero-order chi connectivity index (χ0) is 12.4. The van der Waals surface area contributed by atoms with Crippen molar-refractivity contribution >= 4 is 11.3 Å². The number of fused-ring (bicyclic) bond motifs is 1. The molecule has 2 nitrogen and oxygen atoms in total. The summed E-state index contributed by atoms with van der Waals surface area (Å²) in [7, 11) is 0. The first-order valence-corrected chi connectivity index (χ1v) is 8.36. The summed E-state index contributed by atoms with van der Waals surface area (Å²) in [5, 5.41) is 7.11. The molecule has 1 aromatic rings. The van der Waals surface area contributed by atoms with Gasteiger partial charge in [-0.25, -0.2) is 4.98 Å². The summed E-state index contributed by atoms with van der Waals surface area (Å²) < 4.78 is 0. The van der Waals surface area contributed by atoms with Gasteiger partial charge in [-0.3, -0.25) is 0 Å². The second kappa shape index (κ2) is 5.70. The van der Waals surface area contributed by atoms with Crippen LogP contribution in [-0.2, 0) is 0 Å². The first-order chi connectivity index (χ1) is 8.83. The number of hydrogen-bond donors (Lipinski definition) is 1. The van der Waals surface area contributed by atoms with Crippen molar-refractivity contribution in [3.63, 3.8) is 0 Å². The molecule has 1 aromatic heterocycles. The van der Waals surface area contributed by atoms with Crippen molar-refractivity contribution in [1.29, 1.82) is 0 Å². The zero-order valence-electron chi connectivity index (χ0n) is 11.3. The van der Waals surface area contributed by atoms with E-state index < -0.39 is 0 Å². The molecule has 0 aliphatic heterocycles. The minimum atomic E-state index is 0.426. The topological polar surface area (TPSA) is 24.9 Å². The molecule has 2 aliphatic rings. The number of rotatable bonds is 3. The third-order valence-corrected chi connectivity index (χ3v) is 5.81. The zero-order valence-corrected chi connectivity index (χ0v) is 12.1. The van der Waals surface area contributed by atoms with Gasteiger partial charge < -0.3 is 5.32 Å². The maximum atomic E-state index is 4.42. The van der Waals surface area contributed by atoms with Gasteiger partial charge in [0.15, 0.2) is 0 Å². The lowest BCUT2D eigenvalue weighted by atomic mass is 9.69. The van der Waals surface area contributed by atoms with Crippen LogP contribution >= 0.6 is 11.3 Å². The molecule has 4 unspecified atom stereocenters. The Balaban J connectivity index is 1.54. The lowest BCUT2D eigenvalue weighted by molar-refractivity contribution is 0.139.